The van der Waals surface area contributed by atoms with Crippen LogP contribution in [0.15, 0.2) is 16.6 Å². The molecule has 0 fully saturated rings. The standard InChI is InChI=1S/C9H7BrF4O2/c1-15-4-16-8-6(9(12,13)14)2-5(10)3-7(8)11/h2-3H,4H2,1H3. The molecule has 0 aliphatic rings. The van der Waals surface area contributed by atoms with E-state index in [1.807, 2.05) is 0 Å². The van der Waals surface area contributed by atoms with E-state index in [0.29, 0.717) is 0 Å². The van der Waals surface area contributed by atoms with Crippen LogP contribution in [0.1, 0.15) is 5.56 Å². The number of alkyl halides is 3. The van der Waals surface area contributed by atoms with Gasteiger partial charge in [-0.25, -0.2) is 4.39 Å². The maximum absolute atomic E-state index is 13.3. The number of methoxy groups -OCH3 is 1. The van der Waals surface area contributed by atoms with Crippen LogP contribution >= 0.6 is 15.9 Å². The molecule has 90 valence electrons. The summed E-state index contributed by atoms with van der Waals surface area (Å²) in [6.45, 7) is -0.457. The maximum Gasteiger partial charge on any atom is 0.420 e. The van der Waals surface area contributed by atoms with Crippen molar-refractivity contribution in [1.29, 1.82) is 0 Å². The Hall–Kier alpha value is -0.820. The molecule has 0 aromatic heterocycles. The first kappa shape index (κ1) is 13.2. The summed E-state index contributed by atoms with van der Waals surface area (Å²) in [5.41, 5.74) is -1.18. The van der Waals surface area contributed by atoms with E-state index in [0.717, 1.165) is 12.1 Å². The van der Waals surface area contributed by atoms with Gasteiger partial charge in [-0.05, 0) is 12.1 Å². The first-order chi connectivity index (χ1) is 7.36. The van der Waals surface area contributed by atoms with Crippen LogP contribution in [0, 0.1) is 5.82 Å². The van der Waals surface area contributed by atoms with Gasteiger partial charge in [0.15, 0.2) is 18.4 Å². The lowest BCUT2D eigenvalue weighted by molar-refractivity contribution is -0.140. The summed E-state index contributed by atoms with van der Waals surface area (Å²) in [6.07, 6.45) is -4.69. The molecule has 7 heteroatoms. The predicted molar refractivity (Wildman–Crippen MR) is 51.6 cm³/mol. The van der Waals surface area contributed by atoms with E-state index >= 15 is 0 Å². The fourth-order valence-electron chi connectivity index (χ4n) is 1.04. The topological polar surface area (TPSA) is 18.5 Å². The lowest BCUT2D eigenvalue weighted by Crippen LogP contribution is -2.11. The molecular weight excluding hydrogens is 296 g/mol. The van der Waals surface area contributed by atoms with Crippen molar-refractivity contribution in [1.82, 2.24) is 0 Å². The molecule has 16 heavy (non-hydrogen) atoms. The Balaban J connectivity index is 3.21. The molecular formula is C9H7BrF4O2. The largest absolute Gasteiger partial charge is 0.464 e. The highest BCUT2D eigenvalue weighted by molar-refractivity contribution is 9.10. The van der Waals surface area contributed by atoms with Crippen molar-refractivity contribution in [3.05, 3.63) is 28.0 Å². The van der Waals surface area contributed by atoms with E-state index in [2.05, 4.69) is 25.4 Å². The molecule has 0 unspecified atom stereocenters. The van der Waals surface area contributed by atoms with Gasteiger partial charge in [0.25, 0.3) is 0 Å². The SMILES string of the molecule is COCOc1c(F)cc(Br)cc1C(F)(F)F. The molecule has 0 saturated carbocycles. The Morgan fingerprint density at radius 2 is 1.94 bits per heavy atom. The zero-order valence-corrected chi connectivity index (χ0v) is 9.65. The minimum atomic E-state index is -4.69. The quantitative estimate of drug-likeness (QED) is 0.627. The summed E-state index contributed by atoms with van der Waals surface area (Å²) < 4.78 is 59.8. The van der Waals surface area contributed by atoms with Gasteiger partial charge in [0.2, 0.25) is 0 Å². The van der Waals surface area contributed by atoms with Gasteiger partial charge >= 0.3 is 6.18 Å². The number of ether oxygens (including phenoxy) is 2. The number of hydrogen-bond acceptors (Lipinski definition) is 2. The van der Waals surface area contributed by atoms with Crippen molar-refractivity contribution >= 4 is 15.9 Å². The van der Waals surface area contributed by atoms with Crippen molar-refractivity contribution in [3.63, 3.8) is 0 Å². The third kappa shape index (κ3) is 3.08. The van der Waals surface area contributed by atoms with Crippen LogP contribution in [0.3, 0.4) is 0 Å². The van der Waals surface area contributed by atoms with E-state index < -0.39 is 30.1 Å². The van der Waals surface area contributed by atoms with Crippen LogP contribution in [-0.4, -0.2) is 13.9 Å². The molecule has 0 amide bonds. The highest BCUT2D eigenvalue weighted by Gasteiger charge is 2.36. The van der Waals surface area contributed by atoms with Gasteiger partial charge in [-0.15, -0.1) is 0 Å². The predicted octanol–water partition coefficient (Wildman–Crippen LogP) is 3.59. The summed E-state index contributed by atoms with van der Waals surface area (Å²) >= 11 is 2.78. The van der Waals surface area contributed by atoms with Crippen LogP contribution in [0.4, 0.5) is 17.6 Å². The summed E-state index contributed by atoms with van der Waals surface area (Å²) in [5, 5.41) is 0. The van der Waals surface area contributed by atoms with E-state index in [1.165, 1.54) is 7.11 Å². The molecule has 1 aromatic carbocycles. The molecule has 0 spiro atoms. The molecule has 0 saturated heterocycles. The second-order valence-corrected chi connectivity index (χ2v) is 3.73. The minimum Gasteiger partial charge on any atom is -0.464 e. The number of rotatable bonds is 3. The van der Waals surface area contributed by atoms with Crippen LogP contribution in [-0.2, 0) is 10.9 Å². The summed E-state index contributed by atoms with van der Waals surface area (Å²) in [6, 6.07) is 1.63. The molecule has 0 bridgehead atoms. The molecule has 2 nitrogen and oxygen atoms in total. The van der Waals surface area contributed by atoms with E-state index in [9.17, 15) is 17.6 Å². The minimum absolute atomic E-state index is 0.0120. The van der Waals surface area contributed by atoms with Gasteiger partial charge in [0.05, 0.1) is 0 Å². The summed E-state index contributed by atoms with van der Waals surface area (Å²) in [4.78, 5) is 0. The molecule has 1 rings (SSSR count). The van der Waals surface area contributed by atoms with Crippen LogP contribution < -0.4 is 4.74 Å². The molecule has 1 aromatic rings. The van der Waals surface area contributed by atoms with Crippen molar-refractivity contribution < 1.29 is 27.0 Å². The molecule has 0 aliphatic carbocycles. The van der Waals surface area contributed by atoms with Gasteiger partial charge in [-0.3, -0.25) is 0 Å². The fourth-order valence-corrected chi connectivity index (χ4v) is 1.47. The Morgan fingerprint density at radius 1 is 1.31 bits per heavy atom. The fraction of sp³-hybridized carbons (Fsp3) is 0.333. The summed E-state index contributed by atoms with van der Waals surface area (Å²) in [5.74, 6) is -1.96. The highest BCUT2D eigenvalue weighted by Crippen LogP contribution is 2.39. The number of benzene rings is 1. The van der Waals surface area contributed by atoms with Crippen molar-refractivity contribution in [3.8, 4) is 5.75 Å². The maximum atomic E-state index is 13.3. The van der Waals surface area contributed by atoms with Crippen molar-refractivity contribution in [2.45, 2.75) is 6.18 Å². The molecule has 0 aliphatic heterocycles. The normalized spacial score (nSPS) is 11.6. The van der Waals surface area contributed by atoms with Crippen LogP contribution in [0.2, 0.25) is 0 Å². The average molecular weight is 303 g/mol. The Morgan fingerprint density at radius 3 is 2.44 bits per heavy atom. The molecule has 0 N–H and O–H groups in total. The zero-order valence-electron chi connectivity index (χ0n) is 8.07. The van der Waals surface area contributed by atoms with Gasteiger partial charge in [0.1, 0.15) is 5.56 Å². The van der Waals surface area contributed by atoms with E-state index in [1.54, 1.807) is 0 Å². The first-order valence-corrected chi connectivity index (χ1v) is 4.83. The van der Waals surface area contributed by atoms with Gasteiger partial charge in [-0.2, -0.15) is 13.2 Å². The second kappa shape index (κ2) is 5.01. The van der Waals surface area contributed by atoms with Crippen LogP contribution in [0.25, 0.3) is 0 Å². The summed E-state index contributed by atoms with van der Waals surface area (Å²) in [7, 11) is 1.23. The van der Waals surface area contributed by atoms with E-state index in [-0.39, 0.29) is 4.47 Å². The van der Waals surface area contributed by atoms with Gasteiger partial charge in [0, 0.05) is 11.6 Å². The zero-order chi connectivity index (χ0) is 12.3. The lowest BCUT2D eigenvalue weighted by Gasteiger charge is -2.14. The third-order valence-corrected chi connectivity index (χ3v) is 2.09. The van der Waals surface area contributed by atoms with E-state index in [4.69, 9.17) is 0 Å². The third-order valence-electron chi connectivity index (χ3n) is 1.63. The lowest BCUT2D eigenvalue weighted by atomic mass is 10.2. The first-order valence-electron chi connectivity index (χ1n) is 4.04. The number of halogens is 5. The highest BCUT2D eigenvalue weighted by atomic mass is 79.9. The number of hydrogen-bond donors (Lipinski definition) is 0. The molecule has 0 radical (unpaired) electrons. The van der Waals surface area contributed by atoms with Crippen molar-refractivity contribution in [2.75, 3.05) is 13.9 Å². The average Bonchev–Trinajstić information content (AvgIpc) is 2.14. The Kier molecular flexibility index (Phi) is 4.15. The van der Waals surface area contributed by atoms with Crippen LogP contribution in [0.5, 0.6) is 5.75 Å². The molecule has 0 atom stereocenters. The monoisotopic (exact) mass is 302 g/mol. The van der Waals surface area contributed by atoms with Gasteiger partial charge < -0.3 is 9.47 Å². The van der Waals surface area contributed by atoms with Gasteiger partial charge in [-0.1, -0.05) is 15.9 Å². The van der Waals surface area contributed by atoms with Crippen molar-refractivity contribution in [2.24, 2.45) is 0 Å². The molecule has 0 heterocycles. The Bertz CT molecular complexity index is 379. The smallest absolute Gasteiger partial charge is 0.420 e. The Labute approximate surface area is 97.3 Å². The second-order valence-electron chi connectivity index (χ2n) is 2.81.